The van der Waals surface area contributed by atoms with Crippen LogP contribution in [0.25, 0.3) is 11.2 Å². The van der Waals surface area contributed by atoms with Crippen LogP contribution in [0.3, 0.4) is 0 Å². The molecule has 0 aliphatic carbocycles. The molecule has 138 valence electrons. The van der Waals surface area contributed by atoms with Crippen molar-refractivity contribution < 1.29 is 4.74 Å². The van der Waals surface area contributed by atoms with Crippen LogP contribution in [-0.2, 0) is 4.74 Å². The Labute approximate surface area is 145 Å². The van der Waals surface area contributed by atoms with Gasteiger partial charge < -0.3 is 16.2 Å². The third-order valence-corrected chi connectivity index (χ3v) is 3.52. The molecule has 0 bridgehead atoms. The highest BCUT2D eigenvalue weighted by atomic mass is 16.5. The van der Waals surface area contributed by atoms with Crippen molar-refractivity contribution in [3.05, 3.63) is 6.33 Å². The fraction of sp³-hybridized carbons (Fsp3) is 0.706. The molecule has 7 nitrogen and oxygen atoms in total. The molecule has 1 aliphatic rings. The number of hydrogen-bond donors (Lipinski definition) is 2. The van der Waals surface area contributed by atoms with Gasteiger partial charge >= 0.3 is 0 Å². The van der Waals surface area contributed by atoms with E-state index in [0.717, 1.165) is 6.42 Å². The van der Waals surface area contributed by atoms with E-state index in [-0.39, 0.29) is 18.3 Å². The molecule has 2 unspecified atom stereocenters. The maximum Gasteiger partial charge on any atom is 0.224 e. The van der Waals surface area contributed by atoms with Crippen molar-refractivity contribution >= 4 is 22.9 Å². The molecule has 3 rings (SSSR count). The number of nitrogens with two attached hydrogens (primary N) is 2. The predicted octanol–water partition coefficient (Wildman–Crippen LogP) is 4.01. The summed E-state index contributed by atoms with van der Waals surface area (Å²) in [5.74, 6) is 0.958. The van der Waals surface area contributed by atoms with Gasteiger partial charge in [0.05, 0.1) is 12.4 Å². The van der Waals surface area contributed by atoms with Gasteiger partial charge in [-0.15, -0.1) is 0 Å². The van der Waals surface area contributed by atoms with Gasteiger partial charge in [0.1, 0.15) is 11.7 Å². The molecule has 0 spiro atoms. The molecule has 0 saturated carbocycles. The van der Waals surface area contributed by atoms with Gasteiger partial charge in [-0.1, -0.05) is 48.5 Å². The molecule has 7 heteroatoms. The van der Waals surface area contributed by atoms with E-state index in [1.54, 1.807) is 6.33 Å². The molecule has 24 heavy (non-hydrogen) atoms. The average Bonchev–Trinajstić information content (AvgIpc) is 3.17. The normalized spacial score (nSPS) is 21.8. The Morgan fingerprint density at radius 2 is 1.62 bits per heavy atom. The minimum absolute atomic E-state index is 0.0614. The van der Waals surface area contributed by atoms with E-state index >= 15 is 0 Å². The van der Waals surface area contributed by atoms with Crippen LogP contribution in [0.1, 0.15) is 68.0 Å². The number of aromatic nitrogens is 4. The highest BCUT2D eigenvalue weighted by Crippen LogP contribution is 2.34. The lowest BCUT2D eigenvalue weighted by molar-refractivity contribution is 0.00798. The summed E-state index contributed by atoms with van der Waals surface area (Å²) in [6.07, 6.45) is 2.78. The van der Waals surface area contributed by atoms with Crippen LogP contribution in [0.5, 0.6) is 0 Å². The molecule has 1 fully saturated rings. The molecular weight excluding hydrogens is 304 g/mol. The summed E-state index contributed by atoms with van der Waals surface area (Å²) in [5, 5.41) is 0. The van der Waals surface area contributed by atoms with E-state index in [2.05, 4.69) is 28.8 Å². The van der Waals surface area contributed by atoms with Gasteiger partial charge in [0.2, 0.25) is 5.95 Å². The Hall–Kier alpha value is -1.89. The summed E-state index contributed by atoms with van der Waals surface area (Å²) in [7, 11) is 0. The van der Waals surface area contributed by atoms with Crippen molar-refractivity contribution in [1.82, 2.24) is 19.5 Å². The number of anilines is 2. The summed E-state index contributed by atoms with van der Waals surface area (Å²) in [6.45, 7) is 16.2. The first-order valence-electron chi connectivity index (χ1n) is 8.97. The predicted molar refractivity (Wildman–Crippen MR) is 102 cm³/mol. The molecule has 2 aromatic rings. The SMILES string of the molecule is CC.CC.CC.CC1OC(n2cnc3c(N)nc(N)nc32)C[C@H]1C. The fourth-order valence-corrected chi connectivity index (χ4v) is 2.29. The van der Waals surface area contributed by atoms with Gasteiger partial charge in [0.25, 0.3) is 0 Å². The van der Waals surface area contributed by atoms with Gasteiger partial charge in [0, 0.05) is 0 Å². The number of hydrogen-bond acceptors (Lipinski definition) is 6. The second-order valence-electron chi connectivity index (χ2n) is 4.80. The maximum absolute atomic E-state index is 5.89. The van der Waals surface area contributed by atoms with Crippen LogP contribution in [0.4, 0.5) is 11.8 Å². The Kier molecular flexibility index (Phi) is 9.95. The van der Waals surface area contributed by atoms with Crippen molar-refractivity contribution in [3.8, 4) is 0 Å². The van der Waals surface area contributed by atoms with E-state index in [9.17, 15) is 0 Å². The number of fused-ring (bicyclic) bond motifs is 1. The molecule has 2 aromatic heterocycles. The van der Waals surface area contributed by atoms with Gasteiger partial charge in [-0.2, -0.15) is 9.97 Å². The Morgan fingerprint density at radius 1 is 1.04 bits per heavy atom. The average molecular weight is 339 g/mol. The second kappa shape index (κ2) is 10.8. The molecule has 1 saturated heterocycles. The van der Waals surface area contributed by atoms with Gasteiger partial charge in [-0.05, 0) is 19.3 Å². The monoisotopic (exact) mass is 338 g/mol. The molecule has 3 heterocycles. The van der Waals surface area contributed by atoms with E-state index < -0.39 is 0 Å². The smallest absolute Gasteiger partial charge is 0.224 e. The minimum atomic E-state index is -0.0614. The zero-order valence-corrected chi connectivity index (χ0v) is 16.4. The van der Waals surface area contributed by atoms with Crippen molar-refractivity contribution in [2.75, 3.05) is 11.5 Å². The van der Waals surface area contributed by atoms with Crippen LogP contribution in [0, 0.1) is 5.92 Å². The number of nitrogen functional groups attached to an aromatic ring is 2. The highest BCUT2D eigenvalue weighted by molar-refractivity contribution is 5.82. The third-order valence-electron chi connectivity index (χ3n) is 3.52. The number of ether oxygens (including phenoxy) is 1. The molecule has 3 atom stereocenters. The van der Waals surface area contributed by atoms with E-state index in [4.69, 9.17) is 16.2 Å². The molecule has 1 aliphatic heterocycles. The van der Waals surface area contributed by atoms with Crippen LogP contribution in [0.2, 0.25) is 0 Å². The summed E-state index contributed by atoms with van der Waals surface area (Å²) in [6, 6.07) is 0. The summed E-state index contributed by atoms with van der Waals surface area (Å²) in [5.41, 5.74) is 12.6. The lowest BCUT2D eigenvalue weighted by Gasteiger charge is -2.13. The first kappa shape index (κ1) is 22.1. The van der Waals surface area contributed by atoms with Crippen LogP contribution >= 0.6 is 0 Å². The molecule has 4 N–H and O–H groups in total. The topological polar surface area (TPSA) is 105 Å². The first-order chi connectivity index (χ1) is 11.6. The number of imidazole rings is 1. The largest absolute Gasteiger partial charge is 0.382 e. The van der Waals surface area contributed by atoms with Crippen LogP contribution < -0.4 is 11.5 Å². The van der Waals surface area contributed by atoms with Crippen molar-refractivity contribution in [3.63, 3.8) is 0 Å². The quantitative estimate of drug-likeness (QED) is 0.814. The lowest BCUT2D eigenvalue weighted by atomic mass is 10.1. The zero-order valence-electron chi connectivity index (χ0n) is 16.4. The highest BCUT2D eigenvalue weighted by Gasteiger charge is 2.31. The fourth-order valence-electron chi connectivity index (χ4n) is 2.29. The number of rotatable bonds is 1. The Bertz CT molecular complexity index is 588. The number of nitrogens with zero attached hydrogens (tertiary/aromatic N) is 4. The first-order valence-corrected chi connectivity index (χ1v) is 8.97. The summed E-state index contributed by atoms with van der Waals surface area (Å²) >= 11 is 0. The van der Waals surface area contributed by atoms with Crippen molar-refractivity contribution in [2.45, 2.75) is 74.1 Å². The van der Waals surface area contributed by atoms with Crippen LogP contribution in [-0.4, -0.2) is 25.6 Å². The molecule has 0 amide bonds. The summed E-state index contributed by atoms with van der Waals surface area (Å²) < 4.78 is 7.77. The molecule has 0 radical (unpaired) electrons. The van der Waals surface area contributed by atoms with Crippen molar-refractivity contribution in [2.24, 2.45) is 5.92 Å². The lowest BCUT2D eigenvalue weighted by Crippen LogP contribution is -2.10. The minimum Gasteiger partial charge on any atom is -0.382 e. The van der Waals surface area contributed by atoms with Gasteiger partial charge in [-0.25, -0.2) is 4.98 Å². The third kappa shape index (κ3) is 4.80. The molecular formula is C17H34N6O. The Morgan fingerprint density at radius 3 is 2.12 bits per heavy atom. The van der Waals surface area contributed by atoms with Gasteiger partial charge in [-0.3, -0.25) is 4.57 Å². The van der Waals surface area contributed by atoms with E-state index in [1.165, 1.54) is 0 Å². The van der Waals surface area contributed by atoms with Crippen molar-refractivity contribution in [1.29, 1.82) is 0 Å². The second-order valence-corrected chi connectivity index (χ2v) is 4.80. The van der Waals surface area contributed by atoms with Gasteiger partial charge in [0.15, 0.2) is 11.5 Å². The van der Waals surface area contributed by atoms with Crippen LogP contribution in [0.15, 0.2) is 6.33 Å². The maximum atomic E-state index is 5.89. The zero-order chi connectivity index (χ0) is 18.9. The van der Waals surface area contributed by atoms with E-state index in [0.29, 0.717) is 22.9 Å². The molecule has 0 aromatic carbocycles. The summed E-state index contributed by atoms with van der Waals surface area (Å²) in [4.78, 5) is 12.3. The standard InChI is InChI=1S/C11H16N6O.3C2H6/c1-5-3-7(18-6(5)2)17-4-14-8-9(12)15-11(13)16-10(8)17;3*1-2/h4-7H,3H2,1-2H3,(H4,12,13,15,16);3*1-2H3/t5-,6?,7?;;;/m1.../s1. The van der Waals surface area contributed by atoms with E-state index in [1.807, 2.05) is 46.1 Å². The Balaban J connectivity index is 0.000000798.